The first kappa shape index (κ1) is 15.4. The van der Waals surface area contributed by atoms with Gasteiger partial charge in [0.05, 0.1) is 0 Å². The van der Waals surface area contributed by atoms with Gasteiger partial charge in [0.15, 0.2) is 0 Å². The largest absolute Gasteiger partial charge is 0.352 e. The second-order valence-corrected chi connectivity index (χ2v) is 5.34. The molecule has 0 fully saturated rings. The lowest BCUT2D eigenvalue weighted by Gasteiger charge is -2.24. The maximum absolute atomic E-state index is 11.6. The molecule has 0 aromatic carbocycles. The summed E-state index contributed by atoms with van der Waals surface area (Å²) in [4.78, 5) is 13.7. The molecule has 0 saturated carbocycles. The Labute approximate surface area is 99.6 Å². The topological polar surface area (TPSA) is 58.4 Å². The van der Waals surface area contributed by atoms with E-state index in [1.165, 1.54) is 0 Å². The molecule has 2 atom stereocenters. The molecular weight excluding hydrogens is 202 g/mol. The van der Waals surface area contributed by atoms with E-state index in [0.29, 0.717) is 12.3 Å². The Morgan fingerprint density at radius 1 is 1.31 bits per heavy atom. The molecule has 0 rings (SSSR count). The van der Waals surface area contributed by atoms with Crippen LogP contribution in [0.15, 0.2) is 0 Å². The van der Waals surface area contributed by atoms with Crippen LogP contribution in [0.1, 0.15) is 33.6 Å². The monoisotopic (exact) mass is 229 g/mol. The number of rotatable bonds is 7. The Balaban J connectivity index is 4.13. The van der Waals surface area contributed by atoms with E-state index in [1.807, 2.05) is 21.0 Å². The first-order chi connectivity index (χ1) is 7.31. The summed E-state index contributed by atoms with van der Waals surface area (Å²) in [5, 5.41) is 3.05. The van der Waals surface area contributed by atoms with Gasteiger partial charge in [-0.1, -0.05) is 13.8 Å². The smallest absolute Gasteiger partial charge is 0.221 e. The summed E-state index contributed by atoms with van der Waals surface area (Å²) in [6.07, 6.45) is 1.41. The van der Waals surface area contributed by atoms with Gasteiger partial charge in [0.2, 0.25) is 5.91 Å². The number of hydrogen-bond acceptors (Lipinski definition) is 3. The van der Waals surface area contributed by atoms with Gasteiger partial charge in [-0.15, -0.1) is 0 Å². The summed E-state index contributed by atoms with van der Waals surface area (Å²) >= 11 is 0. The van der Waals surface area contributed by atoms with Gasteiger partial charge in [0.25, 0.3) is 0 Å². The molecule has 0 saturated heterocycles. The Morgan fingerprint density at radius 3 is 2.25 bits per heavy atom. The average molecular weight is 229 g/mol. The third-order valence-corrected chi connectivity index (χ3v) is 2.21. The van der Waals surface area contributed by atoms with Gasteiger partial charge in [-0.3, -0.25) is 4.79 Å². The van der Waals surface area contributed by atoms with Crippen LogP contribution in [0.5, 0.6) is 0 Å². The molecule has 0 aromatic heterocycles. The van der Waals surface area contributed by atoms with E-state index in [0.717, 1.165) is 13.0 Å². The maximum atomic E-state index is 11.6. The standard InChI is InChI=1S/C12H27N3O/c1-9(2)6-11(8-15(4)5)14-12(16)7-10(3)13/h9-11H,6-8,13H2,1-5H3,(H,14,16). The van der Waals surface area contributed by atoms with E-state index < -0.39 is 0 Å². The normalized spacial score (nSPS) is 15.2. The van der Waals surface area contributed by atoms with Gasteiger partial charge < -0.3 is 16.0 Å². The van der Waals surface area contributed by atoms with Crippen molar-refractivity contribution in [2.45, 2.75) is 45.7 Å². The van der Waals surface area contributed by atoms with Crippen LogP contribution in [-0.4, -0.2) is 43.5 Å². The van der Waals surface area contributed by atoms with Crippen LogP contribution in [0.2, 0.25) is 0 Å². The molecule has 0 heterocycles. The lowest BCUT2D eigenvalue weighted by molar-refractivity contribution is -0.122. The van der Waals surface area contributed by atoms with Crippen molar-refractivity contribution >= 4 is 5.91 Å². The molecule has 0 bridgehead atoms. The molecule has 0 aliphatic heterocycles. The molecular formula is C12H27N3O. The molecule has 0 aromatic rings. The number of nitrogens with one attached hydrogen (secondary N) is 1. The van der Waals surface area contributed by atoms with Crippen LogP contribution in [0, 0.1) is 5.92 Å². The summed E-state index contributed by atoms with van der Waals surface area (Å²) in [6, 6.07) is 0.153. The van der Waals surface area contributed by atoms with Crippen molar-refractivity contribution in [1.82, 2.24) is 10.2 Å². The Morgan fingerprint density at radius 2 is 1.88 bits per heavy atom. The first-order valence-corrected chi connectivity index (χ1v) is 6.01. The van der Waals surface area contributed by atoms with Crippen LogP contribution in [0.25, 0.3) is 0 Å². The Kier molecular flexibility index (Phi) is 7.34. The number of likely N-dealkylation sites (N-methyl/N-ethyl adjacent to an activating group) is 1. The second kappa shape index (κ2) is 7.63. The fourth-order valence-corrected chi connectivity index (χ4v) is 1.77. The zero-order valence-electron chi connectivity index (χ0n) is 11.3. The van der Waals surface area contributed by atoms with Crippen molar-refractivity contribution in [2.24, 2.45) is 11.7 Å². The molecule has 0 radical (unpaired) electrons. The van der Waals surface area contributed by atoms with Gasteiger partial charge in [0, 0.05) is 25.0 Å². The highest BCUT2D eigenvalue weighted by atomic mass is 16.1. The summed E-state index contributed by atoms with van der Waals surface area (Å²) in [7, 11) is 4.04. The molecule has 0 aliphatic rings. The highest BCUT2D eigenvalue weighted by Gasteiger charge is 2.15. The van der Waals surface area contributed by atoms with Crippen molar-refractivity contribution in [1.29, 1.82) is 0 Å². The van der Waals surface area contributed by atoms with Crippen molar-refractivity contribution in [2.75, 3.05) is 20.6 Å². The van der Waals surface area contributed by atoms with Crippen LogP contribution >= 0.6 is 0 Å². The predicted octanol–water partition coefficient (Wildman–Crippen LogP) is 0.816. The fourth-order valence-electron chi connectivity index (χ4n) is 1.77. The van der Waals surface area contributed by atoms with E-state index in [2.05, 4.69) is 24.1 Å². The van der Waals surface area contributed by atoms with Crippen LogP contribution in [-0.2, 0) is 4.79 Å². The highest BCUT2D eigenvalue weighted by molar-refractivity contribution is 5.76. The summed E-state index contributed by atoms with van der Waals surface area (Å²) < 4.78 is 0. The quantitative estimate of drug-likeness (QED) is 0.679. The summed E-state index contributed by atoms with van der Waals surface area (Å²) in [6.45, 7) is 7.06. The SMILES string of the molecule is CC(C)CC(CN(C)C)NC(=O)CC(C)N. The molecule has 4 heteroatoms. The van der Waals surface area contributed by atoms with E-state index in [9.17, 15) is 4.79 Å². The molecule has 4 nitrogen and oxygen atoms in total. The number of amides is 1. The minimum Gasteiger partial charge on any atom is -0.352 e. The Hall–Kier alpha value is -0.610. The molecule has 16 heavy (non-hydrogen) atoms. The zero-order chi connectivity index (χ0) is 12.7. The number of carbonyl (C=O) groups is 1. The molecule has 1 amide bonds. The van der Waals surface area contributed by atoms with Gasteiger partial charge in [0.1, 0.15) is 0 Å². The first-order valence-electron chi connectivity index (χ1n) is 6.01. The fraction of sp³-hybridized carbons (Fsp3) is 0.917. The number of carbonyl (C=O) groups excluding carboxylic acids is 1. The van der Waals surface area contributed by atoms with Gasteiger partial charge >= 0.3 is 0 Å². The third-order valence-electron chi connectivity index (χ3n) is 2.21. The van der Waals surface area contributed by atoms with Crippen molar-refractivity contribution < 1.29 is 4.79 Å². The molecule has 2 unspecified atom stereocenters. The number of nitrogens with two attached hydrogens (primary N) is 1. The molecule has 96 valence electrons. The minimum absolute atomic E-state index is 0.0579. The van der Waals surface area contributed by atoms with E-state index in [-0.39, 0.29) is 18.0 Å². The molecule has 3 N–H and O–H groups in total. The van der Waals surface area contributed by atoms with Crippen molar-refractivity contribution in [3.63, 3.8) is 0 Å². The van der Waals surface area contributed by atoms with Crippen molar-refractivity contribution in [3.8, 4) is 0 Å². The summed E-state index contributed by atoms with van der Waals surface area (Å²) in [5.74, 6) is 0.642. The number of nitrogens with zero attached hydrogens (tertiary/aromatic N) is 1. The van der Waals surface area contributed by atoms with Gasteiger partial charge in [-0.05, 0) is 33.4 Å². The summed E-state index contributed by atoms with van der Waals surface area (Å²) in [5.41, 5.74) is 5.60. The zero-order valence-corrected chi connectivity index (χ0v) is 11.3. The van der Waals surface area contributed by atoms with E-state index in [1.54, 1.807) is 0 Å². The predicted molar refractivity (Wildman–Crippen MR) is 68.2 cm³/mol. The van der Waals surface area contributed by atoms with Crippen LogP contribution < -0.4 is 11.1 Å². The lowest BCUT2D eigenvalue weighted by Crippen LogP contribution is -2.43. The highest BCUT2D eigenvalue weighted by Crippen LogP contribution is 2.06. The van der Waals surface area contributed by atoms with Gasteiger partial charge in [-0.25, -0.2) is 0 Å². The van der Waals surface area contributed by atoms with Crippen LogP contribution in [0.4, 0.5) is 0 Å². The van der Waals surface area contributed by atoms with E-state index in [4.69, 9.17) is 5.73 Å². The second-order valence-electron chi connectivity index (χ2n) is 5.34. The minimum atomic E-state index is -0.0703. The molecule has 0 aliphatic carbocycles. The van der Waals surface area contributed by atoms with Crippen LogP contribution in [0.3, 0.4) is 0 Å². The average Bonchev–Trinajstić information content (AvgIpc) is 1.97. The third kappa shape index (κ3) is 8.68. The lowest BCUT2D eigenvalue weighted by atomic mass is 10.0. The molecule has 0 spiro atoms. The number of hydrogen-bond donors (Lipinski definition) is 2. The Bertz CT molecular complexity index is 192. The maximum Gasteiger partial charge on any atom is 0.221 e. The van der Waals surface area contributed by atoms with E-state index >= 15 is 0 Å². The van der Waals surface area contributed by atoms with Gasteiger partial charge in [-0.2, -0.15) is 0 Å². The van der Waals surface area contributed by atoms with Crippen molar-refractivity contribution in [3.05, 3.63) is 0 Å².